The molecule has 3 heterocycles. The lowest BCUT2D eigenvalue weighted by atomic mass is 10.2. The fourth-order valence-corrected chi connectivity index (χ4v) is 3.64. The number of rotatable bonds is 5. The average molecular weight is 362 g/mol. The summed E-state index contributed by atoms with van der Waals surface area (Å²) in [5, 5.41) is 6.65. The molecular formula is C20H18N4OS. The van der Waals surface area contributed by atoms with Gasteiger partial charge in [0, 0.05) is 48.0 Å². The zero-order valence-corrected chi connectivity index (χ0v) is 15.2. The van der Waals surface area contributed by atoms with E-state index in [0.29, 0.717) is 18.1 Å². The molecule has 0 unspecified atom stereocenters. The number of fused-ring (bicyclic) bond motifs is 1. The highest BCUT2D eigenvalue weighted by Gasteiger charge is 2.09. The quantitative estimate of drug-likeness (QED) is 0.569. The van der Waals surface area contributed by atoms with Gasteiger partial charge >= 0.3 is 0 Å². The van der Waals surface area contributed by atoms with Crippen LogP contribution in [0.2, 0.25) is 0 Å². The van der Waals surface area contributed by atoms with Crippen LogP contribution in [0.1, 0.15) is 12.0 Å². The number of nitrogens with zero attached hydrogens (tertiary/aromatic N) is 3. The number of aromatic nitrogens is 3. The Balaban J connectivity index is 1.39. The number of hydrogen-bond acceptors (Lipinski definition) is 4. The van der Waals surface area contributed by atoms with Crippen molar-refractivity contribution in [3.05, 3.63) is 65.9 Å². The number of anilines is 1. The van der Waals surface area contributed by atoms with E-state index in [1.54, 1.807) is 12.4 Å². The minimum atomic E-state index is -0.0328. The zero-order valence-electron chi connectivity index (χ0n) is 14.3. The van der Waals surface area contributed by atoms with Gasteiger partial charge in [0.05, 0.1) is 5.69 Å². The lowest BCUT2D eigenvalue weighted by Gasteiger charge is -2.06. The van der Waals surface area contributed by atoms with E-state index >= 15 is 0 Å². The second-order valence-corrected chi connectivity index (χ2v) is 7.00. The standard InChI is InChI=1S/C20H18N4OS/c1-14-2-3-18-16(12-14)6-10-24(18)11-7-19(25)23-20-22-17(13-26-20)15-4-8-21-9-5-15/h2-6,8-10,12-13H,7,11H2,1H3,(H,22,23,25). The molecule has 0 spiro atoms. The van der Waals surface area contributed by atoms with Gasteiger partial charge in [0.1, 0.15) is 0 Å². The summed E-state index contributed by atoms with van der Waals surface area (Å²) in [5.74, 6) is -0.0328. The molecule has 5 nitrogen and oxygen atoms in total. The summed E-state index contributed by atoms with van der Waals surface area (Å²) in [7, 11) is 0. The third-order valence-corrected chi connectivity index (χ3v) is 4.99. The maximum absolute atomic E-state index is 12.3. The van der Waals surface area contributed by atoms with Crippen LogP contribution in [0, 0.1) is 6.92 Å². The van der Waals surface area contributed by atoms with E-state index in [-0.39, 0.29) is 5.91 Å². The predicted octanol–water partition coefficient (Wildman–Crippen LogP) is 4.50. The van der Waals surface area contributed by atoms with Gasteiger partial charge in [-0.2, -0.15) is 0 Å². The van der Waals surface area contributed by atoms with E-state index in [0.717, 1.165) is 16.8 Å². The zero-order chi connectivity index (χ0) is 17.9. The average Bonchev–Trinajstić information content (AvgIpc) is 3.27. The Morgan fingerprint density at radius 3 is 2.88 bits per heavy atom. The lowest BCUT2D eigenvalue weighted by molar-refractivity contribution is -0.116. The van der Waals surface area contributed by atoms with Gasteiger partial charge in [-0.3, -0.25) is 9.78 Å². The number of nitrogens with one attached hydrogen (secondary N) is 1. The molecule has 0 fully saturated rings. The Bertz CT molecular complexity index is 1050. The van der Waals surface area contributed by atoms with E-state index in [1.807, 2.05) is 23.7 Å². The van der Waals surface area contributed by atoms with Gasteiger partial charge in [-0.15, -0.1) is 11.3 Å². The number of carbonyl (C=O) groups excluding carboxylic acids is 1. The third-order valence-electron chi connectivity index (χ3n) is 4.23. The second-order valence-electron chi connectivity index (χ2n) is 6.14. The van der Waals surface area contributed by atoms with Crippen LogP contribution in [0.5, 0.6) is 0 Å². The summed E-state index contributed by atoms with van der Waals surface area (Å²) < 4.78 is 2.11. The third kappa shape index (κ3) is 3.50. The number of carbonyl (C=O) groups is 1. The normalized spacial score (nSPS) is 11.0. The number of thiazole rings is 1. The molecule has 0 aliphatic heterocycles. The molecule has 4 rings (SSSR count). The van der Waals surface area contributed by atoms with Crippen LogP contribution in [0.4, 0.5) is 5.13 Å². The van der Waals surface area contributed by atoms with Crippen molar-refractivity contribution in [2.75, 3.05) is 5.32 Å². The molecule has 0 bridgehead atoms. The molecule has 3 aromatic heterocycles. The SMILES string of the molecule is Cc1ccc2c(ccn2CCC(=O)Nc2nc(-c3ccncc3)cs2)c1. The fourth-order valence-electron chi connectivity index (χ4n) is 2.90. The molecule has 0 atom stereocenters. The largest absolute Gasteiger partial charge is 0.347 e. The van der Waals surface area contributed by atoms with Crippen LogP contribution >= 0.6 is 11.3 Å². The molecule has 0 aliphatic rings. The maximum Gasteiger partial charge on any atom is 0.227 e. The van der Waals surface area contributed by atoms with Gasteiger partial charge in [-0.25, -0.2) is 4.98 Å². The summed E-state index contributed by atoms with van der Waals surface area (Å²) in [6.07, 6.45) is 5.90. The number of hydrogen-bond donors (Lipinski definition) is 1. The van der Waals surface area contributed by atoms with E-state index < -0.39 is 0 Å². The Kier molecular flexibility index (Phi) is 4.50. The first-order chi connectivity index (χ1) is 12.7. The predicted molar refractivity (Wildman–Crippen MR) is 105 cm³/mol. The van der Waals surface area contributed by atoms with Crippen molar-refractivity contribution in [2.24, 2.45) is 0 Å². The Morgan fingerprint density at radius 2 is 2.04 bits per heavy atom. The van der Waals surface area contributed by atoms with Crippen LogP contribution in [-0.4, -0.2) is 20.4 Å². The summed E-state index contributed by atoms with van der Waals surface area (Å²) >= 11 is 1.43. The first-order valence-corrected chi connectivity index (χ1v) is 9.28. The van der Waals surface area contributed by atoms with Crippen molar-refractivity contribution < 1.29 is 4.79 Å². The van der Waals surface area contributed by atoms with Crippen LogP contribution in [0.25, 0.3) is 22.2 Å². The first kappa shape index (κ1) is 16.5. The molecule has 130 valence electrons. The maximum atomic E-state index is 12.3. The van der Waals surface area contributed by atoms with Crippen LogP contribution in [0.3, 0.4) is 0 Å². The van der Waals surface area contributed by atoms with Crippen molar-refractivity contribution in [3.63, 3.8) is 0 Å². The Morgan fingerprint density at radius 1 is 1.19 bits per heavy atom. The van der Waals surface area contributed by atoms with Gasteiger partial charge in [-0.05, 0) is 42.6 Å². The molecule has 0 saturated carbocycles. The second kappa shape index (κ2) is 7.09. The van der Waals surface area contributed by atoms with E-state index in [9.17, 15) is 4.79 Å². The minimum Gasteiger partial charge on any atom is -0.347 e. The van der Waals surface area contributed by atoms with Crippen molar-refractivity contribution in [3.8, 4) is 11.3 Å². The smallest absolute Gasteiger partial charge is 0.227 e. The minimum absolute atomic E-state index is 0.0328. The van der Waals surface area contributed by atoms with Crippen LogP contribution in [-0.2, 0) is 11.3 Å². The number of aryl methyl sites for hydroxylation is 2. The van der Waals surface area contributed by atoms with E-state index in [2.05, 4.69) is 51.0 Å². The molecule has 4 aromatic rings. The van der Waals surface area contributed by atoms with Crippen LogP contribution in [0.15, 0.2) is 60.4 Å². The van der Waals surface area contributed by atoms with Crippen molar-refractivity contribution in [1.29, 1.82) is 0 Å². The summed E-state index contributed by atoms with van der Waals surface area (Å²) in [5.41, 5.74) is 4.23. The van der Waals surface area contributed by atoms with Gasteiger partial charge in [-0.1, -0.05) is 11.6 Å². The van der Waals surface area contributed by atoms with E-state index in [1.165, 1.54) is 22.3 Å². The van der Waals surface area contributed by atoms with Crippen molar-refractivity contribution >= 4 is 33.3 Å². The van der Waals surface area contributed by atoms with Gasteiger partial charge in [0.2, 0.25) is 5.91 Å². The highest BCUT2D eigenvalue weighted by atomic mass is 32.1. The number of pyridine rings is 1. The highest BCUT2D eigenvalue weighted by Crippen LogP contribution is 2.24. The van der Waals surface area contributed by atoms with Gasteiger partial charge in [0.15, 0.2) is 5.13 Å². The summed E-state index contributed by atoms with van der Waals surface area (Å²) in [6.45, 7) is 2.72. The molecule has 1 amide bonds. The topological polar surface area (TPSA) is 59.8 Å². The molecule has 1 N–H and O–H groups in total. The van der Waals surface area contributed by atoms with Crippen molar-refractivity contribution in [2.45, 2.75) is 19.9 Å². The van der Waals surface area contributed by atoms with Crippen molar-refractivity contribution in [1.82, 2.24) is 14.5 Å². The summed E-state index contributed by atoms with van der Waals surface area (Å²) in [6, 6.07) is 12.2. The lowest BCUT2D eigenvalue weighted by Crippen LogP contribution is -2.14. The first-order valence-electron chi connectivity index (χ1n) is 8.40. The Hall–Kier alpha value is -2.99. The number of amides is 1. The monoisotopic (exact) mass is 362 g/mol. The number of benzene rings is 1. The molecular weight excluding hydrogens is 344 g/mol. The molecule has 1 aromatic carbocycles. The molecule has 0 saturated heterocycles. The van der Waals surface area contributed by atoms with E-state index in [4.69, 9.17) is 0 Å². The molecule has 26 heavy (non-hydrogen) atoms. The summed E-state index contributed by atoms with van der Waals surface area (Å²) in [4.78, 5) is 20.8. The van der Waals surface area contributed by atoms with Crippen LogP contribution < -0.4 is 5.32 Å². The molecule has 6 heteroatoms. The fraction of sp³-hybridized carbons (Fsp3) is 0.150. The van der Waals surface area contributed by atoms with Gasteiger partial charge < -0.3 is 9.88 Å². The highest BCUT2D eigenvalue weighted by molar-refractivity contribution is 7.14. The Labute approximate surface area is 155 Å². The molecule has 0 aliphatic carbocycles. The molecule has 0 radical (unpaired) electrons. The van der Waals surface area contributed by atoms with Gasteiger partial charge in [0.25, 0.3) is 0 Å².